The zero-order valence-electron chi connectivity index (χ0n) is 18.0. The minimum Gasteiger partial charge on any atom is -0.510 e. The molecule has 0 saturated carbocycles. The summed E-state index contributed by atoms with van der Waals surface area (Å²) in [5.74, 6) is -5.93. The second-order valence-electron chi connectivity index (χ2n) is 9.08. The van der Waals surface area contributed by atoms with E-state index in [-0.39, 0.29) is 12.0 Å². The summed E-state index contributed by atoms with van der Waals surface area (Å²) in [6, 6.07) is 0.586. The number of hydrogen-bond acceptors (Lipinski definition) is 9. The molecule has 1 heterocycles. The van der Waals surface area contributed by atoms with Crippen LogP contribution in [-0.2, 0) is 22.4 Å². The van der Waals surface area contributed by atoms with E-state index < -0.39 is 58.0 Å². The minimum atomic E-state index is -2.64. The van der Waals surface area contributed by atoms with Crippen molar-refractivity contribution < 1.29 is 34.4 Å². The number of nitrogens with two attached hydrogens (primary N) is 2. The molecule has 0 fully saturated rings. The number of rotatable bonds is 2. The largest absolute Gasteiger partial charge is 0.510 e. The number of benzene rings is 1. The molecule has 10 heteroatoms. The molecule has 0 bridgehead atoms. The lowest BCUT2D eigenvalue weighted by atomic mass is 9.59. The first-order chi connectivity index (χ1) is 15.6. The van der Waals surface area contributed by atoms with Crippen LogP contribution in [-0.4, -0.2) is 58.1 Å². The van der Waals surface area contributed by atoms with E-state index in [1.54, 1.807) is 0 Å². The number of aliphatic hydroxyl groups is 3. The highest BCUT2D eigenvalue weighted by Crippen LogP contribution is 2.52. The topological polar surface area (TPSA) is 185 Å². The summed E-state index contributed by atoms with van der Waals surface area (Å²) < 4.78 is 5.61. The lowest BCUT2D eigenvalue weighted by Crippen LogP contribution is -2.63. The molecule has 0 radical (unpaired) electrons. The van der Waals surface area contributed by atoms with Gasteiger partial charge in [-0.15, -0.1) is 0 Å². The van der Waals surface area contributed by atoms with Gasteiger partial charge >= 0.3 is 0 Å². The van der Waals surface area contributed by atoms with Crippen molar-refractivity contribution in [3.63, 3.8) is 0 Å². The highest BCUT2D eigenvalue weighted by atomic mass is 16.5. The molecule has 0 saturated heterocycles. The number of primary amides is 1. The number of carbonyl (C=O) groups is 3. The van der Waals surface area contributed by atoms with Crippen molar-refractivity contribution in [2.75, 3.05) is 19.0 Å². The summed E-state index contributed by atoms with van der Waals surface area (Å²) in [5, 5.41) is 36.2. The maximum absolute atomic E-state index is 13.7. The van der Waals surface area contributed by atoms with Crippen LogP contribution in [0, 0.1) is 11.8 Å². The number of nitrogens with one attached hydrogen (secondary N) is 1. The van der Waals surface area contributed by atoms with E-state index in [0.717, 1.165) is 29.8 Å². The zero-order chi connectivity index (χ0) is 23.8. The van der Waals surface area contributed by atoms with Crippen molar-refractivity contribution >= 4 is 23.2 Å². The molecule has 4 aliphatic rings. The van der Waals surface area contributed by atoms with E-state index >= 15 is 0 Å². The van der Waals surface area contributed by atoms with E-state index in [0.29, 0.717) is 24.2 Å². The number of aliphatic hydroxyl groups excluding tert-OH is 2. The van der Waals surface area contributed by atoms with Crippen molar-refractivity contribution in [2.45, 2.75) is 37.3 Å². The van der Waals surface area contributed by atoms with Crippen molar-refractivity contribution in [3.8, 4) is 5.75 Å². The number of ketones is 2. The molecule has 0 spiro atoms. The lowest BCUT2D eigenvalue weighted by Gasteiger charge is -2.47. The van der Waals surface area contributed by atoms with Gasteiger partial charge in [-0.05, 0) is 43.2 Å². The van der Waals surface area contributed by atoms with E-state index in [4.69, 9.17) is 16.2 Å². The summed E-state index contributed by atoms with van der Waals surface area (Å²) in [7, 11) is 1.47. The van der Waals surface area contributed by atoms with Gasteiger partial charge in [0.1, 0.15) is 22.8 Å². The van der Waals surface area contributed by atoms with Gasteiger partial charge in [-0.3, -0.25) is 14.4 Å². The summed E-state index contributed by atoms with van der Waals surface area (Å²) >= 11 is 0. The third kappa shape index (κ3) is 2.64. The number of amides is 1. The second kappa shape index (κ2) is 7.06. The Kier molecular flexibility index (Phi) is 4.60. The van der Waals surface area contributed by atoms with Gasteiger partial charge in [0.2, 0.25) is 5.78 Å². The van der Waals surface area contributed by atoms with Gasteiger partial charge in [0.25, 0.3) is 5.91 Å². The fourth-order valence-corrected chi connectivity index (χ4v) is 5.91. The second-order valence-corrected chi connectivity index (χ2v) is 9.08. The number of Topliss-reactive ketones (excluding diaryl/α,β-unsaturated/α-hetero) is 2. The maximum Gasteiger partial charge on any atom is 0.255 e. The Labute approximate surface area is 188 Å². The Morgan fingerprint density at radius 1 is 1.30 bits per heavy atom. The van der Waals surface area contributed by atoms with Crippen LogP contribution >= 0.6 is 0 Å². The quantitative estimate of drug-likeness (QED) is 0.338. The summed E-state index contributed by atoms with van der Waals surface area (Å²) in [5.41, 5.74) is 10.5. The fourth-order valence-electron chi connectivity index (χ4n) is 5.91. The maximum atomic E-state index is 13.7. The molecule has 174 valence electrons. The molecule has 0 unspecified atom stereocenters. The fraction of sp³-hybridized carbons (Fsp3) is 0.435. The third-order valence-electron chi connectivity index (χ3n) is 7.45. The highest BCUT2D eigenvalue weighted by molar-refractivity contribution is 6.24. The number of anilines is 1. The summed E-state index contributed by atoms with van der Waals surface area (Å²) in [6.07, 6.45) is 1.96. The summed E-state index contributed by atoms with van der Waals surface area (Å²) in [6.45, 7) is 0.804. The van der Waals surface area contributed by atoms with Crippen molar-refractivity contribution in [1.82, 2.24) is 0 Å². The lowest BCUT2D eigenvalue weighted by molar-refractivity contribution is -0.145. The van der Waals surface area contributed by atoms with Crippen LogP contribution < -0.4 is 21.5 Å². The number of ether oxygens (including phenoxy) is 1. The number of carbonyl (C=O) groups excluding carboxylic acids is 3. The van der Waals surface area contributed by atoms with E-state index in [1.807, 2.05) is 6.07 Å². The smallest absolute Gasteiger partial charge is 0.255 e. The van der Waals surface area contributed by atoms with Crippen LogP contribution in [0.5, 0.6) is 5.75 Å². The Hall–Kier alpha value is -3.37. The first-order valence-electron chi connectivity index (χ1n) is 10.8. The van der Waals surface area contributed by atoms with Crippen LogP contribution in [0.15, 0.2) is 28.7 Å². The van der Waals surface area contributed by atoms with Gasteiger partial charge in [0.15, 0.2) is 11.4 Å². The van der Waals surface area contributed by atoms with Gasteiger partial charge in [-0.25, -0.2) is 0 Å². The van der Waals surface area contributed by atoms with Crippen LogP contribution in [0.4, 0.5) is 5.69 Å². The molecule has 8 N–H and O–H groups in total. The Morgan fingerprint density at radius 3 is 2.70 bits per heavy atom. The molecule has 4 atom stereocenters. The first-order valence-corrected chi connectivity index (χ1v) is 10.8. The predicted molar refractivity (Wildman–Crippen MR) is 116 cm³/mol. The van der Waals surface area contributed by atoms with Gasteiger partial charge in [0.05, 0.1) is 18.7 Å². The number of allylic oxidation sites excluding steroid dienone is 1. The Morgan fingerprint density at radius 2 is 2.03 bits per heavy atom. The van der Waals surface area contributed by atoms with E-state index in [1.165, 1.54) is 7.11 Å². The monoisotopic (exact) mass is 455 g/mol. The average Bonchev–Trinajstić information content (AvgIpc) is 2.78. The average molecular weight is 455 g/mol. The minimum absolute atomic E-state index is 0.0386. The van der Waals surface area contributed by atoms with E-state index in [2.05, 4.69) is 5.32 Å². The molecule has 1 aliphatic heterocycles. The predicted octanol–water partition coefficient (Wildman–Crippen LogP) is 0.179. The standard InChI is InChI=1S/C23H25N3O7/c1-33-19-10-3-2-4-26-12(10)7-9-5-8-6-11-16(24)18(28)15(22(25)31)21(30)23(11,32)20(29)14(8)17(27)13(9)19/h7-8,11,16,26,28-29,32H,2-6,24H2,1H3,(H2,25,31)/t8-,11-,16-,23-/m0/s1. The Balaban J connectivity index is 1.71. The third-order valence-corrected chi connectivity index (χ3v) is 7.45. The first kappa shape index (κ1) is 21.5. The number of methoxy groups -OCH3 is 1. The normalized spacial score (nSPS) is 30.7. The van der Waals surface area contributed by atoms with Crippen molar-refractivity contribution in [2.24, 2.45) is 23.3 Å². The Bertz CT molecular complexity index is 1200. The molecule has 5 rings (SSSR count). The molecule has 1 amide bonds. The molecule has 33 heavy (non-hydrogen) atoms. The van der Waals surface area contributed by atoms with E-state index in [9.17, 15) is 29.7 Å². The molecule has 3 aliphatic carbocycles. The molecular formula is C23H25N3O7. The highest BCUT2D eigenvalue weighted by Gasteiger charge is 2.62. The van der Waals surface area contributed by atoms with Crippen LogP contribution in [0.25, 0.3) is 0 Å². The zero-order valence-corrected chi connectivity index (χ0v) is 18.0. The number of fused-ring (bicyclic) bond motifs is 4. The van der Waals surface area contributed by atoms with Gasteiger partial charge < -0.3 is 36.8 Å². The van der Waals surface area contributed by atoms with Gasteiger partial charge in [-0.2, -0.15) is 0 Å². The summed E-state index contributed by atoms with van der Waals surface area (Å²) in [4.78, 5) is 38.6. The van der Waals surface area contributed by atoms with Gasteiger partial charge in [-0.1, -0.05) is 0 Å². The van der Waals surface area contributed by atoms with Crippen molar-refractivity contribution in [1.29, 1.82) is 0 Å². The number of hydrogen-bond donors (Lipinski definition) is 6. The SMILES string of the molecule is COc1c2c(cc3c1C(=O)C1=C(O)[C@]4(O)C(=O)C(C(N)=O)=C(O)[C@@H](N)[C@@H]4C[C@@H]1C3)NCCC2. The molecule has 1 aromatic rings. The van der Waals surface area contributed by atoms with Gasteiger partial charge in [0, 0.05) is 29.3 Å². The molecule has 0 aromatic heterocycles. The van der Waals surface area contributed by atoms with Crippen LogP contribution in [0.2, 0.25) is 0 Å². The molecule has 1 aromatic carbocycles. The van der Waals surface area contributed by atoms with Crippen LogP contribution in [0.1, 0.15) is 34.3 Å². The van der Waals surface area contributed by atoms with Crippen molar-refractivity contribution in [3.05, 3.63) is 45.4 Å². The van der Waals surface area contributed by atoms with Crippen LogP contribution in [0.3, 0.4) is 0 Å². The molecule has 10 nitrogen and oxygen atoms in total. The molecular weight excluding hydrogens is 430 g/mol.